The molecule has 2 aromatic carbocycles. The number of nitrogens with zero attached hydrogens (tertiary/aromatic N) is 2. The third kappa shape index (κ3) is 4.26. The molecule has 4 aromatic rings. The van der Waals surface area contributed by atoms with Gasteiger partial charge in [0.05, 0.1) is 13.1 Å². The molecule has 0 radical (unpaired) electrons. The number of benzene rings is 2. The molecule has 0 fully saturated rings. The second-order valence-corrected chi connectivity index (χ2v) is 6.50. The van der Waals surface area contributed by atoms with Crippen LogP contribution in [-0.2, 0) is 19.5 Å². The van der Waals surface area contributed by atoms with Crippen LogP contribution in [0.4, 0.5) is 0 Å². The van der Waals surface area contributed by atoms with Crippen LogP contribution in [0.1, 0.15) is 22.3 Å². The molecular weight excluding hydrogens is 380 g/mol. The summed E-state index contributed by atoms with van der Waals surface area (Å²) in [7, 11) is 0. The van der Waals surface area contributed by atoms with Gasteiger partial charge in [-0.05, 0) is 28.7 Å². The molecule has 0 atom stereocenters. The molecule has 148 valence electrons. The lowest BCUT2D eigenvalue weighted by Gasteiger charge is -2.06. The normalized spacial score (nSPS) is 11.0. The van der Waals surface area contributed by atoms with Crippen molar-refractivity contribution in [3.63, 3.8) is 0 Å². The van der Waals surface area contributed by atoms with Gasteiger partial charge in [0.2, 0.25) is 0 Å². The Kier molecular flexibility index (Phi) is 4.73. The van der Waals surface area contributed by atoms with E-state index < -0.39 is 22.9 Å². The molecule has 0 aliphatic carbocycles. The molecule has 10 heteroatoms. The van der Waals surface area contributed by atoms with Gasteiger partial charge in [-0.1, -0.05) is 48.5 Å². The molecule has 0 amide bonds. The fraction of sp³-hybridized carbons (Fsp3) is 0.158. The molecule has 29 heavy (non-hydrogen) atoms. The first kappa shape index (κ1) is 18.3. The number of rotatable bonds is 6. The van der Waals surface area contributed by atoms with E-state index in [0.29, 0.717) is 6.42 Å². The maximum Gasteiger partial charge on any atom is 0.440 e. The lowest BCUT2D eigenvalue weighted by atomic mass is 10.0. The molecule has 4 rings (SSSR count). The Balaban J connectivity index is 1.41. The predicted octanol–water partition coefficient (Wildman–Crippen LogP) is 0.260. The maximum absolute atomic E-state index is 11.5. The summed E-state index contributed by atoms with van der Waals surface area (Å²) < 4.78 is 11.4. The van der Waals surface area contributed by atoms with Crippen LogP contribution >= 0.6 is 0 Å². The average molecular weight is 396 g/mol. The summed E-state index contributed by atoms with van der Waals surface area (Å²) >= 11 is 0. The van der Waals surface area contributed by atoms with Crippen molar-refractivity contribution in [2.75, 3.05) is 0 Å². The molecule has 2 heterocycles. The van der Waals surface area contributed by atoms with Gasteiger partial charge in [0.25, 0.3) is 0 Å². The summed E-state index contributed by atoms with van der Waals surface area (Å²) in [5.74, 6) is -1.56. The van der Waals surface area contributed by atoms with Crippen molar-refractivity contribution in [2.24, 2.45) is 0 Å². The van der Waals surface area contributed by atoms with E-state index >= 15 is 0 Å². The van der Waals surface area contributed by atoms with Crippen LogP contribution in [0.15, 0.2) is 76.8 Å². The van der Waals surface area contributed by atoms with E-state index in [0.717, 1.165) is 31.7 Å². The van der Waals surface area contributed by atoms with Gasteiger partial charge >= 0.3 is 22.9 Å². The van der Waals surface area contributed by atoms with E-state index in [1.165, 1.54) is 0 Å². The summed E-state index contributed by atoms with van der Waals surface area (Å²) in [6.07, 6.45) is 0.693. The highest BCUT2D eigenvalue weighted by molar-refractivity contribution is 5.30. The van der Waals surface area contributed by atoms with Crippen molar-refractivity contribution in [3.8, 4) is 0 Å². The molecule has 0 aliphatic heterocycles. The third-order valence-corrected chi connectivity index (χ3v) is 4.36. The van der Waals surface area contributed by atoms with E-state index in [4.69, 9.17) is 9.05 Å². The maximum atomic E-state index is 11.5. The van der Waals surface area contributed by atoms with Crippen LogP contribution in [0, 0.1) is 0 Å². The monoisotopic (exact) mass is 396 g/mol. The van der Waals surface area contributed by atoms with E-state index in [9.17, 15) is 19.2 Å². The van der Waals surface area contributed by atoms with Gasteiger partial charge in [-0.15, -0.1) is 9.48 Å². The van der Waals surface area contributed by atoms with Crippen LogP contribution in [0.2, 0.25) is 0 Å². The Bertz CT molecular complexity index is 1240. The van der Waals surface area contributed by atoms with Crippen molar-refractivity contribution in [1.82, 2.24) is 19.4 Å². The van der Waals surface area contributed by atoms with Gasteiger partial charge in [0, 0.05) is 0 Å². The molecule has 0 unspecified atom stereocenters. The molecule has 0 aliphatic rings. The Morgan fingerprint density at radius 1 is 0.586 bits per heavy atom. The van der Waals surface area contributed by atoms with Gasteiger partial charge in [0.1, 0.15) is 0 Å². The van der Waals surface area contributed by atoms with Crippen molar-refractivity contribution in [3.05, 3.63) is 113 Å². The van der Waals surface area contributed by atoms with E-state index in [2.05, 4.69) is 0 Å². The average Bonchev–Trinajstić information content (AvgIpc) is 3.18. The second kappa shape index (κ2) is 7.50. The Morgan fingerprint density at radius 3 is 1.24 bits per heavy atom. The van der Waals surface area contributed by atoms with Crippen molar-refractivity contribution in [1.29, 1.82) is 0 Å². The second-order valence-electron chi connectivity index (χ2n) is 6.50. The molecule has 0 bridgehead atoms. The summed E-state index contributed by atoms with van der Waals surface area (Å²) in [4.78, 5) is 49.1. The van der Waals surface area contributed by atoms with Crippen LogP contribution in [0.3, 0.4) is 0 Å². The lowest BCUT2D eigenvalue weighted by molar-refractivity contribution is 0.258. The molecule has 2 aromatic heterocycles. The first-order valence-electron chi connectivity index (χ1n) is 8.73. The number of hydrogen-bond acceptors (Lipinski definition) is 6. The molecule has 0 saturated heterocycles. The molecule has 2 N–H and O–H groups in total. The fourth-order valence-electron chi connectivity index (χ4n) is 2.93. The highest BCUT2D eigenvalue weighted by Crippen LogP contribution is 2.13. The van der Waals surface area contributed by atoms with Gasteiger partial charge in [-0.2, -0.15) is 0 Å². The predicted molar refractivity (Wildman–Crippen MR) is 101 cm³/mol. The smallest absolute Gasteiger partial charge is 0.317 e. The SMILES string of the molecule is O=c1[nH]c(=O)n(Cc2ccc(Cc3ccc(Cn4oc(=O)[nH]c4=O)cc3)cc2)o1. The fourth-order valence-corrected chi connectivity index (χ4v) is 2.93. The minimum absolute atomic E-state index is 0.168. The summed E-state index contributed by atoms with van der Waals surface area (Å²) in [6, 6.07) is 15.2. The highest BCUT2D eigenvalue weighted by atomic mass is 16.5. The van der Waals surface area contributed by atoms with E-state index in [1.807, 2.05) is 58.5 Å². The van der Waals surface area contributed by atoms with E-state index in [1.54, 1.807) is 0 Å². The summed E-state index contributed by atoms with van der Waals surface area (Å²) in [6.45, 7) is 0.336. The largest absolute Gasteiger partial charge is 0.440 e. The van der Waals surface area contributed by atoms with Crippen molar-refractivity contribution < 1.29 is 9.05 Å². The summed E-state index contributed by atoms with van der Waals surface area (Å²) in [5.41, 5.74) is 2.62. The minimum atomic E-state index is -0.779. The molecular formula is C19H16N4O6. The number of H-pyrrole nitrogens is 2. The Labute approximate surface area is 161 Å². The van der Waals surface area contributed by atoms with E-state index in [-0.39, 0.29) is 13.1 Å². The Hall–Kier alpha value is -4.08. The first-order valence-corrected chi connectivity index (χ1v) is 8.73. The topological polar surface area (TPSA) is 136 Å². The highest BCUT2D eigenvalue weighted by Gasteiger charge is 2.06. The quantitative estimate of drug-likeness (QED) is 0.480. The number of nitrogens with one attached hydrogen (secondary N) is 2. The molecule has 0 spiro atoms. The molecule has 10 nitrogen and oxygen atoms in total. The zero-order valence-electron chi connectivity index (χ0n) is 15.1. The van der Waals surface area contributed by atoms with Gasteiger partial charge < -0.3 is 9.05 Å². The van der Waals surface area contributed by atoms with Crippen molar-refractivity contribution in [2.45, 2.75) is 19.5 Å². The molecule has 0 saturated carbocycles. The zero-order valence-corrected chi connectivity index (χ0v) is 15.1. The van der Waals surface area contributed by atoms with Gasteiger partial charge in [0.15, 0.2) is 0 Å². The summed E-state index contributed by atoms with van der Waals surface area (Å²) in [5, 5.41) is 0. The van der Waals surface area contributed by atoms with Gasteiger partial charge in [-0.25, -0.2) is 29.1 Å². The number of aromatic amines is 2. The minimum Gasteiger partial charge on any atom is -0.317 e. The van der Waals surface area contributed by atoms with Crippen LogP contribution in [-0.4, -0.2) is 19.4 Å². The zero-order chi connectivity index (χ0) is 20.4. The van der Waals surface area contributed by atoms with Gasteiger partial charge in [-0.3, -0.25) is 0 Å². The lowest BCUT2D eigenvalue weighted by Crippen LogP contribution is -2.17. The van der Waals surface area contributed by atoms with Crippen molar-refractivity contribution >= 4 is 0 Å². The standard InChI is InChI=1S/C19H16N4O6/c24-16-20-18(26)28-22(16)10-14-5-1-12(2-6-14)9-13-3-7-15(8-4-13)11-23-17(25)21-19(27)29-23/h1-8H,9-11H2,(H,20,24,26)(H,21,25,27). The van der Waals surface area contributed by atoms with Crippen LogP contribution in [0.25, 0.3) is 0 Å². The number of aromatic nitrogens is 4. The van der Waals surface area contributed by atoms with Crippen LogP contribution in [0.5, 0.6) is 0 Å². The Morgan fingerprint density at radius 2 is 0.931 bits per heavy atom. The third-order valence-electron chi connectivity index (χ3n) is 4.36. The number of hydrogen-bond donors (Lipinski definition) is 2. The first-order chi connectivity index (χ1) is 14.0. The van der Waals surface area contributed by atoms with Crippen LogP contribution < -0.4 is 22.9 Å².